The molecule has 0 saturated carbocycles. The summed E-state index contributed by atoms with van der Waals surface area (Å²) in [6.45, 7) is 3.47. The number of rotatable bonds is 5. The Morgan fingerprint density at radius 2 is 1.68 bits per heavy atom. The molecule has 1 amide bonds. The minimum absolute atomic E-state index is 0.0314. The van der Waals surface area contributed by atoms with Gasteiger partial charge in [0.15, 0.2) is 0 Å². The van der Waals surface area contributed by atoms with Crippen molar-refractivity contribution in [3.8, 4) is 0 Å². The van der Waals surface area contributed by atoms with Crippen molar-refractivity contribution in [2.75, 3.05) is 36.4 Å². The quantitative estimate of drug-likeness (QED) is 0.739. The predicted octanol–water partition coefficient (Wildman–Crippen LogP) is 2.45. The highest BCUT2D eigenvalue weighted by molar-refractivity contribution is 5.95. The van der Waals surface area contributed by atoms with Gasteiger partial charge in [-0.25, -0.2) is 9.97 Å². The van der Waals surface area contributed by atoms with E-state index in [4.69, 9.17) is 0 Å². The van der Waals surface area contributed by atoms with Gasteiger partial charge in [-0.15, -0.1) is 0 Å². The van der Waals surface area contributed by atoms with Crippen molar-refractivity contribution < 1.29 is 4.79 Å². The Kier molecular flexibility index (Phi) is 5.42. The summed E-state index contributed by atoms with van der Waals surface area (Å²) in [7, 11) is 0. The summed E-state index contributed by atoms with van der Waals surface area (Å²) in [5.74, 6) is 1.66. The number of nitrogens with zero attached hydrogens (tertiary/aromatic N) is 5. The Morgan fingerprint density at radius 3 is 2.39 bits per heavy atom. The summed E-state index contributed by atoms with van der Waals surface area (Å²) in [5.41, 5.74) is 1.57. The van der Waals surface area contributed by atoms with E-state index in [0.717, 1.165) is 24.6 Å². The normalized spacial score (nSPS) is 14.0. The van der Waals surface area contributed by atoms with Crippen LogP contribution in [0.2, 0.25) is 0 Å². The first-order valence-electron chi connectivity index (χ1n) is 9.35. The van der Waals surface area contributed by atoms with E-state index in [-0.39, 0.29) is 5.91 Å². The highest BCUT2D eigenvalue weighted by atomic mass is 16.2. The molecule has 0 aromatic carbocycles. The van der Waals surface area contributed by atoms with Gasteiger partial charge >= 0.3 is 0 Å². The number of hydrogen-bond donors (Lipinski definition) is 1. The number of amides is 1. The molecule has 1 fully saturated rings. The van der Waals surface area contributed by atoms with Crippen LogP contribution in [0.25, 0.3) is 0 Å². The van der Waals surface area contributed by atoms with E-state index >= 15 is 0 Å². The van der Waals surface area contributed by atoms with Crippen molar-refractivity contribution in [3.05, 3.63) is 78.4 Å². The van der Waals surface area contributed by atoms with Gasteiger partial charge in [0.25, 0.3) is 5.91 Å². The minimum atomic E-state index is 0.0314. The van der Waals surface area contributed by atoms with Gasteiger partial charge in [-0.1, -0.05) is 12.1 Å². The number of piperazine rings is 1. The van der Waals surface area contributed by atoms with Gasteiger partial charge in [-0.05, 0) is 36.4 Å². The Hall–Kier alpha value is -3.48. The molecular formula is C21H22N6O. The number of carbonyl (C=O) groups excluding carboxylic acids is 1. The lowest BCUT2D eigenvalue weighted by molar-refractivity contribution is 0.0746. The molecule has 4 heterocycles. The molecule has 1 aliphatic rings. The first-order valence-corrected chi connectivity index (χ1v) is 9.35. The van der Waals surface area contributed by atoms with Crippen molar-refractivity contribution in [1.82, 2.24) is 19.9 Å². The van der Waals surface area contributed by atoms with E-state index in [0.29, 0.717) is 31.0 Å². The highest BCUT2D eigenvalue weighted by Gasteiger charge is 2.23. The van der Waals surface area contributed by atoms with Crippen LogP contribution in [-0.2, 0) is 6.54 Å². The zero-order valence-corrected chi connectivity index (χ0v) is 15.5. The maximum Gasteiger partial charge on any atom is 0.254 e. The molecule has 7 heteroatoms. The van der Waals surface area contributed by atoms with Crippen molar-refractivity contribution in [3.63, 3.8) is 0 Å². The molecule has 1 N–H and O–H groups in total. The molecular weight excluding hydrogens is 352 g/mol. The van der Waals surface area contributed by atoms with Crippen LogP contribution in [0.4, 0.5) is 11.6 Å². The SMILES string of the molecule is O=C(c1ccnc(NCc2ccccn2)c1)N1CCN(c2ccccn2)CC1. The van der Waals surface area contributed by atoms with Crippen LogP contribution in [0.3, 0.4) is 0 Å². The molecule has 4 rings (SSSR count). The Morgan fingerprint density at radius 1 is 0.893 bits per heavy atom. The fraction of sp³-hybridized carbons (Fsp3) is 0.238. The van der Waals surface area contributed by atoms with E-state index in [1.54, 1.807) is 30.7 Å². The molecule has 142 valence electrons. The van der Waals surface area contributed by atoms with Crippen LogP contribution in [0.5, 0.6) is 0 Å². The molecule has 28 heavy (non-hydrogen) atoms. The molecule has 3 aromatic heterocycles. The highest BCUT2D eigenvalue weighted by Crippen LogP contribution is 2.16. The third kappa shape index (κ3) is 4.25. The van der Waals surface area contributed by atoms with Crippen LogP contribution in [0, 0.1) is 0 Å². The Bertz CT molecular complexity index is 910. The van der Waals surface area contributed by atoms with E-state index in [1.165, 1.54) is 0 Å². The van der Waals surface area contributed by atoms with Gasteiger partial charge in [-0.3, -0.25) is 9.78 Å². The average molecular weight is 374 g/mol. The van der Waals surface area contributed by atoms with E-state index in [2.05, 4.69) is 25.2 Å². The zero-order chi connectivity index (χ0) is 19.2. The van der Waals surface area contributed by atoms with Gasteiger partial charge in [0.2, 0.25) is 0 Å². The van der Waals surface area contributed by atoms with Gasteiger partial charge in [-0.2, -0.15) is 0 Å². The second-order valence-electron chi connectivity index (χ2n) is 6.57. The first-order chi connectivity index (χ1) is 13.8. The smallest absolute Gasteiger partial charge is 0.254 e. The Balaban J connectivity index is 1.36. The first kappa shape index (κ1) is 17.9. The van der Waals surface area contributed by atoms with Gasteiger partial charge < -0.3 is 15.1 Å². The van der Waals surface area contributed by atoms with Crippen LogP contribution >= 0.6 is 0 Å². The topological polar surface area (TPSA) is 74.2 Å². The summed E-state index contributed by atoms with van der Waals surface area (Å²) in [6.07, 6.45) is 5.22. The van der Waals surface area contributed by atoms with Gasteiger partial charge in [0, 0.05) is 50.3 Å². The standard InChI is InChI=1S/C21H22N6O/c28-21(27-13-11-26(12-14-27)20-6-2-4-9-24-20)17-7-10-23-19(15-17)25-16-18-5-1-3-8-22-18/h1-10,15H,11-14,16H2,(H,23,25). The maximum atomic E-state index is 12.9. The van der Waals surface area contributed by atoms with Crippen molar-refractivity contribution in [1.29, 1.82) is 0 Å². The van der Waals surface area contributed by atoms with E-state index < -0.39 is 0 Å². The van der Waals surface area contributed by atoms with Crippen molar-refractivity contribution in [2.45, 2.75) is 6.54 Å². The maximum absolute atomic E-state index is 12.9. The third-order valence-electron chi connectivity index (χ3n) is 4.72. The molecule has 0 radical (unpaired) electrons. The third-order valence-corrected chi connectivity index (χ3v) is 4.72. The predicted molar refractivity (Wildman–Crippen MR) is 108 cm³/mol. The fourth-order valence-corrected chi connectivity index (χ4v) is 3.21. The number of pyridine rings is 3. The van der Waals surface area contributed by atoms with E-state index in [9.17, 15) is 4.79 Å². The minimum Gasteiger partial charge on any atom is -0.364 e. The lowest BCUT2D eigenvalue weighted by Crippen LogP contribution is -2.49. The monoisotopic (exact) mass is 374 g/mol. The fourth-order valence-electron chi connectivity index (χ4n) is 3.21. The molecule has 3 aromatic rings. The van der Waals surface area contributed by atoms with Crippen LogP contribution in [0.1, 0.15) is 16.1 Å². The summed E-state index contributed by atoms with van der Waals surface area (Å²) < 4.78 is 0. The summed E-state index contributed by atoms with van der Waals surface area (Å²) in [5, 5.41) is 3.23. The number of nitrogens with one attached hydrogen (secondary N) is 1. The molecule has 0 spiro atoms. The molecule has 0 unspecified atom stereocenters. The second kappa shape index (κ2) is 8.47. The largest absolute Gasteiger partial charge is 0.364 e. The molecule has 1 saturated heterocycles. The van der Waals surface area contributed by atoms with Crippen LogP contribution in [0.15, 0.2) is 67.1 Å². The summed E-state index contributed by atoms with van der Waals surface area (Å²) in [6, 6.07) is 15.2. The molecule has 0 aliphatic carbocycles. The summed E-state index contributed by atoms with van der Waals surface area (Å²) >= 11 is 0. The summed E-state index contributed by atoms with van der Waals surface area (Å²) in [4.78, 5) is 30.0. The van der Waals surface area contributed by atoms with Crippen LogP contribution in [-0.4, -0.2) is 51.9 Å². The van der Waals surface area contributed by atoms with Crippen molar-refractivity contribution >= 4 is 17.5 Å². The zero-order valence-electron chi connectivity index (χ0n) is 15.5. The van der Waals surface area contributed by atoms with E-state index in [1.807, 2.05) is 41.3 Å². The van der Waals surface area contributed by atoms with Gasteiger partial charge in [0.1, 0.15) is 11.6 Å². The lowest BCUT2D eigenvalue weighted by Gasteiger charge is -2.35. The second-order valence-corrected chi connectivity index (χ2v) is 6.57. The molecule has 7 nitrogen and oxygen atoms in total. The molecule has 1 aliphatic heterocycles. The lowest BCUT2D eigenvalue weighted by atomic mass is 10.2. The number of hydrogen-bond acceptors (Lipinski definition) is 6. The number of aromatic nitrogens is 3. The van der Waals surface area contributed by atoms with Crippen molar-refractivity contribution in [2.24, 2.45) is 0 Å². The number of carbonyl (C=O) groups is 1. The average Bonchev–Trinajstić information content (AvgIpc) is 2.79. The van der Waals surface area contributed by atoms with Crippen LogP contribution < -0.4 is 10.2 Å². The Labute approximate surface area is 164 Å². The molecule has 0 atom stereocenters. The molecule has 0 bridgehead atoms. The number of anilines is 2. The van der Waals surface area contributed by atoms with Gasteiger partial charge in [0.05, 0.1) is 12.2 Å².